The van der Waals surface area contributed by atoms with E-state index in [1.807, 2.05) is 6.07 Å². The van der Waals surface area contributed by atoms with E-state index in [1.54, 1.807) is 12.1 Å². The Balaban J connectivity index is 2.68. The average Bonchev–Trinajstić information content (AvgIpc) is 2.12. The van der Waals surface area contributed by atoms with Crippen LogP contribution in [0.5, 0.6) is 5.75 Å². The first-order valence-electron chi connectivity index (χ1n) is 3.72. The van der Waals surface area contributed by atoms with Gasteiger partial charge in [-0.3, -0.25) is 0 Å². The van der Waals surface area contributed by atoms with E-state index in [9.17, 15) is 5.11 Å². The first kappa shape index (κ1) is 9.89. The van der Waals surface area contributed by atoms with Crippen molar-refractivity contribution in [2.24, 2.45) is 5.11 Å². The van der Waals surface area contributed by atoms with Crippen molar-refractivity contribution in [3.8, 4) is 5.75 Å². The zero-order chi connectivity index (χ0) is 9.68. The van der Waals surface area contributed by atoms with Gasteiger partial charge in [0.2, 0.25) is 0 Å². The fourth-order valence-electron chi connectivity index (χ4n) is 0.930. The minimum atomic E-state index is 0.215. The minimum Gasteiger partial charge on any atom is -0.507 e. The topological polar surface area (TPSA) is 69.0 Å². The summed E-state index contributed by atoms with van der Waals surface area (Å²) in [5.41, 5.74) is 9.08. The molecule has 0 aliphatic carbocycles. The fourth-order valence-corrected chi connectivity index (χ4v) is 1.36. The van der Waals surface area contributed by atoms with Gasteiger partial charge in [0.25, 0.3) is 0 Å². The minimum absolute atomic E-state index is 0.215. The maximum Gasteiger partial charge on any atom is 0.129 e. The summed E-state index contributed by atoms with van der Waals surface area (Å²) in [7, 11) is 0. The van der Waals surface area contributed by atoms with Crippen molar-refractivity contribution in [2.75, 3.05) is 6.54 Å². The monoisotopic (exact) mass is 241 g/mol. The van der Waals surface area contributed by atoms with Crippen molar-refractivity contribution < 1.29 is 5.11 Å². The number of phenolic OH excluding ortho intramolecular Hbond substituents is 1. The Morgan fingerprint density at radius 1 is 1.54 bits per heavy atom. The van der Waals surface area contributed by atoms with E-state index in [2.05, 4.69) is 26.0 Å². The van der Waals surface area contributed by atoms with Crippen molar-refractivity contribution >= 4 is 15.9 Å². The molecule has 1 rings (SSSR count). The molecule has 13 heavy (non-hydrogen) atoms. The van der Waals surface area contributed by atoms with Crippen LogP contribution in [0.1, 0.15) is 5.56 Å². The first-order valence-corrected chi connectivity index (χ1v) is 4.51. The number of nitrogens with zero attached hydrogens (tertiary/aromatic N) is 3. The quantitative estimate of drug-likeness (QED) is 0.494. The zero-order valence-corrected chi connectivity index (χ0v) is 8.40. The SMILES string of the molecule is [N-]=[N+]=NCCc1ccc(O)c(Br)c1. The molecule has 1 aromatic carbocycles. The van der Waals surface area contributed by atoms with Crippen molar-refractivity contribution in [1.82, 2.24) is 0 Å². The highest BCUT2D eigenvalue weighted by molar-refractivity contribution is 9.10. The first-order chi connectivity index (χ1) is 6.24. The van der Waals surface area contributed by atoms with Gasteiger partial charge in [0, 0.05) is 11.5 Å². The largest absolute Gasteiger partial charge is 0.507 e. The second-order valence-corrected chi connectivity index (χ2v) is 3.34. The third kappa shape index (κ3) is 2.97. The van der Waals surface area contributed by atoms with Crippen LogP contribution in [0.2, 0.25) is 0 Å². The van der Waals surface area contributed by atoms with Gasteiger partial charge < -0.3 is 5.11 Å². The molecule has 1 N–H and O–H groups in total. The molecule has 4 nitrogen and oxygen atoms in total. The Morgan fingerprint density at radius 3 is 2.92 bits per heavy atom. The van der Waals surface area contributed by atoms with Gasteiger partial charge in [-0.05, 0) is 45.6 Å². The lowest BCUT2D eigenvalue weighted by atomic mass is 10.1. The van der Waals surface area contributed by atoms with Gasteiger partial charge in [0.1, 0.15) is 5.75 Å². The summed E-state index contributed by atoms with van der Waals surface area (Å²) < 4.78 is 0.658. The van der Waals surface area contributed by atoms with E-state index < -0.39 is 0 Å². The molecule has 0 bridgehead atoms. The second-order valence-electron chi connectivity index (χ2n) is 2.49. The Kier molecular flexibility index (Phi) is 3.61. The molecule has 0 radical (unpaired) electrons. The Morgan fingerprint density at radius 2 is 2.31 bits per heavy atom. The van der Waals surface area contributed by atoms with Gasteiger partial charge >= 0.3 is 0 Å². The number of benzene rings is 1. The fraction of sp³-hybridized carbons (Fsp3) is 0.250. The summed E-state index contributed by atoms with van der Waals surface area (Å²) in [5, 5.41) is 12.6. The molecule has 0 aromatic heterocycles. The summed E-state index contributed by atoms with van der Waals surface area (Å²) >= 11 is 3.20. The van der Waals surface area contributed by atoms with Crippen LogP contribution in [0.15, 0.2) is 27.8 Å². The predicted molar refractivity (Wildman–Crippen MR) is 53.5 cm³/mol. The maximum atomic E-state index is 9.19. The van der Waals surface area contributed by atoms with Crippen LogP contribution < -0.4 is 0 Å². The molecule has 1 aromatic rings. The summed E-state index contributed by atoms with van der Waals surface area (Å²) in [6.45, 7) is 0.438. The van der Waals surface area contributed by atoms with Crippen LogP contribution >= 0.6 is 15.9 Å². The number of aromatic hydroxyl groups is 1. The third-order valence-electron chi connectivity index (χ3n) is 1.58. The summed E-state index contributed by atoms with van der Waals surface area (Å²) in [4.78, 5) is 2.65. The molecule has 0 spiro atoms. The van der Waals surface area contributed by atoms with E-state index in [-0.39, 0.29) is 5.75 Å². The third-order valence-corrected chi connectivity index (χ3v) is 2.21. The number of halogens is 1. The van der Waals surface area contributed by atoms with Crippen molar-refractivity contribution in [2.45, 2.75) is 6.42 Å². The van der Waals surface area contributed by atoms with Crippen LogP contribution in [0.25, 0.3) is 10.4 Å². The Labute approximate surface area is 84.0 Å². The number of hydrogen-bond donors (Lipinski definition) is 1. The van der Waals surface area contributed by atoms with Gasteiger partial charge in [-0.2, -0.15) is 0 Å². The zero-order valence-electron chi connectivity index (χ0n) is 6.81. The Bertz CT molecular complexity index is 347. The van der Waals surface area contributed by atoms with Gasteiger partial charge in [-0.15, -0.1) is 0 Å². The Hall–Kier alpha value is -1.19. The molecule has 0 aliphatic heterocycles. The van der Waals surface area contributed by atoms with Crippen LogP contribution in [-0.4, -0.2) is 11.7 Å². The van der Waals surface area contributed by atoms with Crippen molar-refractivity contribution in [3.63, 3.8) is 0 Å². The lowest BCUT2D eigenvalue weighted by Gasteiger charge is -2.00. The number of hydrogen-bond acceptors (Lipinski definition) is 2. The predicted octanol–water partition coefficient (Wildman–Crippen LogP) is 3.01. The molecular formula is C8H8BrN3O. The van der Waals surface area contributed by atoms with E-state index >= 15 is 0 Å². The van der Waals surface area contributed by atoms with E-state index in [0.717, 1.165) is 5.56 Å². The average molecular weight is 242 g/mol. The second kappa shape index (κ2) is 4.74. The molecule has 0 saturated carbocycles. The number of phenols is 1. The standard InChI is InChI=1S/C8H8BrN3O/c9-7-5-6(1-2-8(7)13)3-4-11-12-10/h1-2,5,13H,3-4H2. The van der Waals surface area contributed by atoms with Gasteiger partial charge in [0.05, 0.1) is 4.47 Å². The molecule has 0 atom stereocenters. The van der Waals surface area contributed by atoms with Crippen molar-refractivity contribution in [3.05, 3.63) is 38.7 Å². The molecule has 0 heterocycles. The van der Waals surface area contributed by atoms with E-state index in [1.165, 1.54) is 0 Å². The molecule has 68 valence electrons. The smallest absolute Gasteiger partial charge is 0.129 e. The number of azide groups is 1. The molecule has 0 amide bonds. The highest BCUT2D eigenvalue weighted by Crippen LogP contribution is 2.24. The van der Waals surface area contributed by atoms with Crippen LogP contribution in [0.3, 0.4) is 0 Å². The molecule has 0 fully saturated rings. The van der Waals surface area contributed by atoms with Crippen LogP contribution in [0, 0.1) is 0 Å². The lowest BCUT2D eigenvalue weighted by molar-refractivity contribution is 0.471. The molecule has 0 unspecified atom stereocenters. The maximum absolute atomic E-state index is 9.19. The van der Waals surface area contributed by atoms with Crippen LogP contribution in [0.4, 0.5) is 0 Å². The van der Waals surface area contributed by atoms with Gasteiger partial charge in [-0.25, -0.2) is 0 Å². The van der Waals surface area contributed by atoms with E-state index in [4.69, 9.17) is 5.53 Å². The molecule has 0 saturated heterocycles. The number of rotatable bonds is 3. The lowest BCUT2D eigenvalue weighted by Crippen LogP contribution is -1.87. The summed E-state index contributed by atoms with van der Waals surface area (Å²) in [6, 6.07) is 5.21. The summed E-state index contributed by atoms with van der Waals surface area (Å²) in [5.74, 6) is 0.215. The molecule has 0 aliphatic rings. The molecular weight excluding hydrogens is 234 g/mol. The van der Waals surface area contributed by atoms with E-state index in [0.29, 0.717) is 17.4 Å². The normalized spacial score (nSPS) is 9.31. The van der Waals surface area contributed by atoms with Crippen molar-refractivity contribution in [1.29, 1.82) is 0 Å². The molecule has 5 heteroatoms. The highest BCUT2D eigenvalue weighted by Gasteiger charge is 1.98. The van der Waals surface area contributed by atoms with Gasteiger partial charge in [-0.1, -0.05) is 11.2 Å². The van der Waals surface area contributed by atoms with Gasteiger partial charge in [0.15, 0.2) is 0 Å². The highest BCUT2D eigenvalue weighted by atomic mass is 79.9. The summed E-state index contributed by atoms with van der Waals surface area (Å²) in [6.07, 6.45) is 0.683. The van der Waals surface area contributed by atoms with Crippen LogP contribution in [-0.2, 0) is 6.42 Å².